The third-order valence-corrected chi connectivity index (χ3v) is 4.81. The molecular weight excluding hydrogens is 415 g/mol. The van der Waals surface area contributed by atoms with Gasteiger partial charge in [-0.1, -0.05) is 0 Å². The first-order chi connectivity index (χ1) is 14.7. The van der Waals surface area contributed by atoms with Crippen molar-refractivity contribution in [2.45, 2.75) is 12.1 Å². The molecule has 3 aromatic rings. The van der Waals surface area contributed by atoms with Crippen LogP contribution in [0.3, 0.4) is 0 Å². The number of fused-ring (bicyclic) bond motifs is 2. The smallest absolute Gasteiger partial charge is 0.384 e. The molecule has 11 heteroatoms. The summed E-state index contributed by atoms with van der Waals surface area (Å²) < 4.78 is 36.8. The molecule has 31 heavy (non-hydrogen) atoms. The van der Waals surface area contributed by atoms with Gasteiger partial charge in [0.25, 0.3) is 5.69 Å². The maximum atomic E-state index is 12.3. The molecule has 1 atom stereocenters. The van der Waals surface area contributed by atoms with Crippen molar-refractivity contribution in [2.24, 2.45) is 0 Å². The molecule has 0 saturated heterocycles. The van der Waals surface area contributed by atoms with Crippen molar-refractivity contribution in [1.82, 2.24) is 9.97 Å². The van der Waals surface area contributed by atoms with E-state index in [2.05, 4.69) is 20.6 Å². The van der Waals surface area contributed by atoms with Crippen LogP contribution in [-0.4, -0.2) is 33.5 Å². The van der Waals surface area contributed by atoms with Crippen molar-refractivity contribution in [3.8, 4) is 0 Å². The van der Waals surface area contributed by atoms with Crippen LogP contribution in [0.4, 0.5) is 30.2 Å². The Hall–Kier alpha value is -4.02. The van der Waals surface area contributed by atoms with Crippen molar-refractivity contribution in [2.75, 3.05) is 17.2 Å². The Morgan fingerprint density at radius 3 is 2.77 bits per heavy atom. The highest BCUT2D eigenvalue weighted by Crippen LogP contribution is 2.39. The Morgan fingerprint density at radius 1 is 1.23 bits per heavy atom. The second-order valence-corrected chi connectivity index (χ2v) is 6.82. The molecule has 1 aromatic heterocycles. The van der Waals surface area contributed by atoms with Gasteiger partial charge in [0.05, 0.1) is 16.1 Å². The summed E-state index contributed by atoms with van der Waals surface area (Å²) in [5.41, 5.74) is 2.93. The van der Waals surface area contributed by atoms with Gasteiger partial charge in [-0.05, 0) is 29.8 Å². The lowest BCUT2D eigenvalue weighted by Gasteiger charge is -2.13. The van der Waals surface area contributed by atoms with E-state index >= 15 is 0 Å². The summed E-state index contributed by atoms with van der Waals surface area (Å²) in [5.74, 6) is -1.15. The summed E-state index contributed by atoms with van der Waals surface area (Å²) in [6.45, 7) is 0.452. The van der Waals surface area contributed by atoms with Crippen molar-refractivity contribution >= 4 is 33.9 Å². The van der Waals surface area contributed by atoms with Crippen molar-refractivity contribution in [3.05, 3.63) is 76.2 Å². The molecule has 2 N–H and O–H groups in total. The maximum absolute atomic E-state index is 12.3. The lowest BCUT2D eigenvalue weighted by molar-refractivity contribution is -0.384. The van der Waals surface area contributed by atoms with E-state index in [1.54, 1.807) is 18.2 Å². The number of allylic oxidation sites excluding steroid dienone is 1. The molecule has 2 heterocycles. The number of benzene rings is 2. The highest BCUT2D eigenvalue weighted by atomic mass is 19.4. The molecule has 0 aliphatic carbocycles. The minimum Gasteiger partial charge on any atom is -0.384 e. The largest absolute Gasteiger partial charge is 0.409 e. The van der Waals surface area contributed by atoms with Crippen LogP contribution in [0.15, 0.2) is 54.9 Å². The average Bonchev–Trinajstić information content (AvgIpc) is 3.14. The summed E-state index contributed by atoms with van der Waals surface area (Å²) in [5, 5.41) is 17.1. The summed E-state index contributed by atoms with van der Waals surface area (Å²) >= 11 is 0. The monoisotopic (exact) mass is 429 g/mol. The Morgan fingerprint density at radius 2 is 2.03 bits per heavy atom. The zero-order chi connectivity index (χ0) is 22.2. The number of rotatable bonds is 4. The molecule has 1 amide bonds. The molecule has 1 aliphatic rings. The number of carbonyl (C=O) groups excluding carboxylic acids is 1. The maximum Gasteiger partial charge on any atom is 0.409 e. The quantitative estimate of drug-likeness (QED) is 0.366. The van der Waals surface area contributed by atoms with Crippen molar-refractivity contribution in [1.29, 1.82) is 0 Å². The van der Waals surface area contributed by atoms with Gasteiger partial charge in [0.1, 0.15) is 6.33 Å². The number of anilines is 2. The minimum absolute atomic E-state index is 0.0312. The molecule has 2 aromatic carbocycles. The highest BCUT2D eigenvalue weighted by Gasteiger charge is 2.28. The Bertz CT molecular complexity index is 1230. The van der Waals surface area contributed by atoms with Crippen LogP contribution >= 0.6 is 0 Å². The van der Waals surface area contributed by atoms with Gasteiger partial charge in [-0.2, -0.15) is 13.2 Å². The second-order valence-electron chi connectivity index (χ2n) is 6.82. The van der Waals surface area contributed by atoms with Gasteiger partial charge in [0.15, 0.2) is 0 Å². The minimum atomic E-state index is -4.58. The fourth-order valence-corrected chi connectivity index (χ4v) is 3.47. The lowest BCUT2D eigenvalue weighted by Crippen LogP contribution is -2.11. The molecule has 0 saturated carbocycles. The molecule has 0 bridgehead atoms. The molecule has 1 aliphatic heterocycles. The van der Waals surface area contributed by atoms with E-state index in [4.69, 9.17) is 0 Å². The average molecular weight is 429 g/mol. The highest BCUT2D eigenvalue weighted by molar-refractivity contribution is 6.00. The number of hydrogen-bond acceptors (Lipinski definition) is 6. The van der Waals surface area contributed by atoms with E-state index in [0.717, 1.165) is 5.56 Å². The molecular formula is C20H14F3N5O3. The van der Waals surface area contributed by atoms with Crippen LogP contribution in [0.2, 0.25) is 0 Å². The number of hydrogen-bond donors (Lipinski definition) is 2. The number of nitro benzene ring substituents is 1. The van der Waals surface area contributed by atoms with Crippen molar-refractivity contribution in [3.63, 3.8) is 0 Å². The standard InChI is InChI=1S/C20H14F3N5O3/c21-20(22,23)6-5-18(29)27-11-1-4-16-14(7-11)19(26-10-25-16)15-9-24-17-8-12(28(30)31)2-3-13(15)17/h1-8,10,15,24H,9H2,(H,27,29). The van der Waals surface area contributed by atoms with Crippen LogP contribution in [0, 0.1) is 10.1 Å². The lowest BCUT2D eigenvalue weighted by atomic mass is 9.94. The predicted octanol–water partition coefficient (Wildman–Crippen LogP) is 4.15. The van der Waals surface area contributed by atoms with Gasteiger partial charge in [0.2, 0.25) is 5.91 Å². The number of carbonyl (C=O) groups is 1. The van der Waals surface area contributed by atoms with Gasteiger partial charge in [-0.15, -0.1) is 0 Å². The van der Waals surface area contributed by atoms with Crippen LogP contribution in [-0.2, 0) is 4.79 Å². The van der Waals surface area contributed by atoms with Crippen LogP contribution in [0.1, 0.15) is 17.2 Å². The number of alkyl halides is 3. The molecule has 4 rings (SSSR count). The van der Waals surface area contributed by atoms with E-state index in [1.165, 1.54) is 24.5 Å². The summed E-state index contributed by atoms with van der Waals surface area (Å²) in [6, 6.07) is 9.29. The van der Waals surface area contributed by atoms with E-state index in [9.17, 15) is 28.1 Å². The molecule has 0 radical (unpaired) electrons. The Labute approximate surface area is 173 Å². The number of halogens is 3. The fraction of sp³-hybridized carbons (Fsp3) is 0.150. The van der Waals surface area contributed by atoms with Gasteiger partial charge in [-0.3, -0.25) is 14.9 Å². The molecule has 1 unspecified atom stereocenters. The van der Waals surface area contributed by atoms with E-state index in [0.29, 0.717) is 34.9 Å². The number of aromatic nitrogens is 2. The zero-order valence-corrected chi connectivity index (χ0v) is 15.7. The first-order valence-corrected chi connectivity index (χ1v) is 9.05. The Kier molecular flexibility index (Phi) is 5.01. The fourth-order valence-electron chi connectivity index (χ4n) is 3.47. The molecule has 0 fully saturated rings. The van der Waals surface area contributed by atoms with Gasteiger partial charge in [0, 0.05) is 53.5 Å². The normalized spacial score (nSPS) is 15.6. The summed E-state index contributed by atoms with van der Waals surface area (Å²) in [7, 11) is 0. The summed E-state index contributed by atoms with van der Waals surface area (Å²) in [6.07, 6.45) is -2.92. The van der Waals surface area contributed by atoms with Crippen molar-refractivity contribution < 1.29 is 22.9 Å². The number of amides is 1. The number of nitrogens with zero attached hydrogens (tertiary/aromatic N) is 3. The third-order valence-electron chi connectivity index (χ3n) is 4.81. The second kappa shape index (κ2) is 7.67. The first-order valence-electron chi connectivity index (χ1n) is 9.05. The van der Waals surface area contributed by atoms with E-state index in [-0.39, 0.29) is 23.4 Å². The summed E-state index contributed by atoms with van der Waals surface area (Å²) in [4.78, 5) is 30.9. The SMILES string of the molecule is O=C(C=CC(F)(F)F)Nc1ccc2ncnc(C3CNc4cc([N+](=O)[O-])ccc43)c2c1. The zero-order valence-electron chi connectivity index (χ0n) is 15.7. The van der Waals surface area contributed by atoms with Gasteiger partial charge >= 0.3 is 6.18 Å². The van der Waals surface area contributed by atoms with E-state index in [1.807, 2.05) is 0 Å². The molecule has 0 spiro atoms. The van der Waals surface area contributed by atoms with Gasteiger partial charge in [-0.25, -0.2) is 9.97 Å². The topological polar surface area (TPSA) is 110 Å². The van der Waals surface area contributed by atoms with Crippen LogP contribution in [0.25, 0.3) is 10.9 Å². The van der Waals surface area contributed by atoms with Crippen LogP contribution < -0.4 is 10.6 Å². The predicted molar refractivity (Wildman–Crippen MR) is 107 cm³/mol. The number of nitro groups is 1. The van der Waals surface area contributed by atoms with Crippen LogP contribution in [0.5, 0.6) is 0 Å². The first kappa shape index (κ1) is 20.3. The number of non-ortho nitro benzene ring substituents is 1. The Balaban J connectivity index is 1.67. The molecule has 158 valence electrons. The van der Waals surface area contributed by atoms with Gasteiger partial charge < -0.3 is 10.6 Å². The van der Waals surface area contributed by atoms with E-state index < -0.39 is 17.0 Å². The molecule has 8 nitrogen and oxygen atoms in total. The third kappa shape index (κ3) is 4.29. The number of nitrogens with one attached hydrogen (secondary N) is 2.